The summed E-state index contributed by atoms with van der Waals surface area (Å²) in [6.45, 7) is 5.44. The Bertz CT molecular complexity index is 623. The molecule has 1 fully saturated rings. The SMILES string of the molecule is CC[C@H](NCc1cccc(COC2CCOCC2)c1)c1ccccc1. The van der Waals surface area contributed by atoms with Crippen LogP contribution in [-0.4, -0.2) is 19.3 Å². The third-order valence-corrected chi connectivity index (χ3v) is 4.81. The first-order valence-corrected chi connectivity index (χ1v) is 9.40. The fraction of sp³-hybridized carbons (Fsp3) is 0.455. The Kier molecular flexibility index (Phi) is 7.04. The van der Waals surface area contributed by atoms with E-state index in [1.165, 1.54) is 16.7 Å². The van der Waals surface area contributed by atoms with E-state index in [2.05, 4.69) is 66.8 Å². The van der Waals surface area contributed by atoms with E-state index in [0.29, 0.717) is 18.8 Å². The Morgan fingerprint density at radius 3 is 2.56 bits per heavy atom. The van der Waals surface area contributed by atoms with Gasteiger partial charge in [-0.3, -0.25) is 0 Å². The Morgan fingerprint density at radius 1 is 1.04 bits per heavy atom. The highest BCUT2D eigenvalue weighted by Gasteiger charge is 2.14. The maximum Gasteiger partial charge on any atom is 0.0720 e. The fourth-order valence-corrected chi connectivity index (χ4v) is 3.31. The van der Waals surface area contributed by atoms with Crippen LogP contribution < -0.4 is 5.32 Å². The van der Waals surface area contributed by atoms with Gasteiger partial charge in [-0.05, 0) is 36.0 Å². The van der Waals surface area contributed by atoms with E-state index < -0.39 is 0 Å². The fourth-order valence-electron chi connectivity index (χ4n) is 3.31. The molecular formula is C22H29NO2. The molecule has 0 aromatic heterocycles. The van der Waals surface area contributed by atoms with Crippen molar-refractivity contribution in [2.24, 2.45) is 0 Å². The summed E-state index contributed by atoms with van der Waals surface area (Å²) >= 11 is 0. The van der Waals surface area contributed by atoms with Gasteiger partial charge in [0.2, 0.25) is 0 Å². The molecular weight excluding hydrogens is 310 g/mol. The van der Waals surface area contributed by atoms with Crippen molar-refractivity contribution in [3.63, 3.8) is 0 Å². The van der Waals surface area contributed by atoms with E-state index >= 15 is 0 Å². The van der Waals surface area contributed by atoms with Gasteiger partial charge in [0.25, 0.3) is 0 Å². The molecule has 0 radical (unpaired) electrons. The van der Waals surface area contributed by atoms with Gasteiger partial charge in [-0.15, -0.1) is 0 Å². The van der Waals surface area contributed by atoms with Crippen LogP contribution in [0.25, 0.3) is 0 Å². The molecule has 0 amide bonds. The summed E-state index contributed by atoms with van der Waals surface area (Å²) in [5, 5.41) is 3.68. The summed E-state index contributed by atoms with van der Waals surface area (Å²) < 4.78 is 11.4. The molecule has 3 heteroatoms. The highest BCUT2D eigenvalue weighted by atomic mass is 16.5. The third-order valence-electron chi connectivity index (χ3n) is 4.81. The minimum Gasteiger partial charge on any atom is -0.381 e. The van der Waals surface area contributed by atoms with Gasteiger partial charge in [0, 0.05) is 25.8 Å². The minimum absolute atomic E-state index is 0.345. The van der Waals surface area contributed by atoms with Gasteiger partial charge in [0.1, 0.15) is 0 Å². The van der Waals surface area contributed by atoms with Crippen LogP contribution in [0, 0.1) is 0 Å². The molecule has 25 heavy (non-hydrogen) atoms. The molecule has 0 aliphatic carbocycles. The van der Waals surface area contributed by atoms with Crippen molar-refractivity contribution in [2.75, 3.05) is 13.2 Å². The Balaban J connectivity index is 1.52. The van der Waals surface area contributed by atoms with Crippen molar-refractivity contribution >= 4 is 0 Å². The van der Waals surface area contributed by atoms with Crippen LogP contribution in [0.3, 0.4) is 0 Å². The summed E-state index contributed by atoms with van der Waals surface area (Å²) in [6, 6.07) is 19.8. The molecule has 0 spiro atoms. The van der Waals surface area contributed by atoms with E-state index in [4.69, 9.17) is 9.47 Å². The van der Waals surface area contributed by atoms with Crippen molar-refractivity contribution in [3.8, 4) is 0 Å². The van der Waals surface area contributed by atoms with Crippen molar-refractivity contribution < 1.29 is 9.47 Å². The molecule has 3 rings (SSSR count). The Hall–Kier alpha value is -1.68. The lowest BCUT2D eigenvalue weighted by Crippen LogP contribution is -2.23. The van der Waals surface area contributed by atoms with Crippen molar-refractivity contribution in [2.45, 2.75) is 51.5 Å². The van der Waals surface area contributed by atoms with Crippen molar-refractivity contribution in [3.05, 3.63) is 71.3 Å². The molecule has 3 nitrogen and oxygen atoms in total. The highest BCUT2D eigenvalue weighted by molar-refractivity contribution is 5.24. The summed E-state index contributed by atoms with van der Waals surface area (Å²) in [5.74, 6) is 0. The topological polar surface area (TPSA) is 30.5 Å². The molecule has 0 bridgehead atoms. The summed E-state index contributed by atoms with van der Waals surface area (Å²) in [4.78, 5) is 0. The normalized spacial score (nSPS) is 16.7. The average Bonchev–Trinajstić information content (AvgIpc) is 2.69. The zero-order valence-corrected chi connectivity index (χ0v) is 15.1. The second kappa shape index (κ2) is 9.71. The van der Waals surface area contributed by atoms with Gasteiger partial charge >= 0.3 is 0 Å². The average molecular weight is 339 g/mol. The molecule has 1 aliphatic rings. The first-order chi connectivity index (χ1) is 12.3. The smallest absolute Gasteiger partial charge is 0.0720 e. The first kappa shape index (κ1) is 18.1. The lowest BCUT2D eigenvalue weighted by Gasteiger charge is -2.22. The number of rotatable bonds is 8. The van der Waals surface area contributed by atoms with Gasteiger partial charge in [0.15, 0.2) is 0 Å². The number of benzene rings is 2. The summed E-state index contributed by atoms with van der Waals surface area (Å²) in [7, 11) is 0. The van der Waals surface area contributed by atoms with Crippen LogP contribution in [-0.2, 0) is 22.6 Å². The summed E-state index contributed by atoms with van der Waals surface area (Å²) in [6.07, 6.45) is 3.45. The van der Waals surface area contributed by atoms with Crippen LogP contribution in [0.4, 0.5) is 0 Å². The zero-order chi connectivity index (χ0) is 17.3. The number of hydrogen-bond donors (Lipinski definition) is 1. The van der Waals surface area contributed by atoms with E-state index in [0.717, 1.165) is 39.0 Å². The molecule has 1 N–H and O–H groups in total. The third kappa shape index (κ3) is 5.67. The minimum atomic E-state index is 0.345. The van der Waals surface area contributed by atoms with Gasteiger partial charge in [-0.1, -0.05) is 61.5 Å². The van der Waals surface area contributed by atoms with E-state index in [-0.39, 0.29) is 0 Å². The van der Waals surface area contributed by atoms with E-state index in [1.54, 1.807) is 0 Å². The predicted molar refractivity (Wildman–Crippen MR) is 101 cm³/mol. The second-order valence-corrected chi connectivity index (χ2v) is 6.70. The van der Waals surface area contributed by atoms with Crippen LogP contribution in [0.15, 0.2) is 54.6 Å². The lowest BCUT2D eigenvalue weighted by molar-refractivity contribution is -0.0390. The molecule has 1 heterocycles. The molecule has 1 atom stereocenters. The molecule has 0 saturated carbocycles. The first-order valence-electron chi connectivity index (χ1n) is 9.40. The maximum absolute atomic E-state index is 6.04. The van der Waals surface area contributed by atoms with Crippen molar-refractivity contribution in [1.82, 2.24) is 5.32 Å². The quantitative estimate of drug-likeness (QED) is 0.761. The van der Waals surface area contributed by atoms with Gasteiger partial charge in [-0.2, -0.15) is 0 Å². The second-order valence-electron chi connectivity index (χ2n) is 6.70. The number of hydrogen-bond acceptors (Lipinski definition) is 3. The highest BCUT2D eigenvalue weighted by Crippen LogP contribution is 2.18. The van der Waals surface area contributed by atoms with Gasteiger partial charge in [-0.25, -0.2) is 0 Å². The Morgan fingerprint density at radius 2 is 1.80 bits per heavy atom. The standard InChI is InChI=1S/C22H29NO2/c1-2-22(20-9-4-3-5-10-20)23-16-18-7-6-8-19(15-18)17-25-21-11-13-24-14-12-21/h3-10,15,21-23H,2,11-14,16-17H2,1H3/t22-/m0/s1. The molecule has 2 aromatic carbocycles. The molecule has 1 aliphatic heterocycles. The molecule has 134 valence electrons. The Labute approximate surface area is 151 Å². The van der Waals surface area contributed by atoms with Crippen LogP contribution in [0.2, 0.25) is 0 Å². The van der Waals surface area contributed by atoms with E-state index in [9.17, 15) is 0 Å². The monoisotopic (exact) mass is 339 g/mol. The molecule has 2 aromatic rings. The van der Waals surface area contributed by atoms with Crippen LogP contribution in [0.5, 0.6) is 0 Å². The lowest BCUT2D eigenvalue weighted by atomic mass is 10.0. The zero-order valence-electron chi connectivity index (χ0n) is 15.1. The van der Waals surface area contributed by atoms with Crippen LogP contribution in [0.1, 0.15) is 48.9 Å². The number of ether oxygens (including phenoxy) is 2. The van der Waals surface area contributed by atoms with Gasteiger partial charge < -0.3 is 14.8 Å². The largest absolute Gasteiger partial charge is 0.381 e. The van der Waals surface area contributed by atoms with Crippen molar-refractivity contribution in [1.29, 1.82) is 0 Å². The molecule has 1 saturated heterocycles. The van der Waals surface area contributed by atoms with Gasteiger partial charge in [0.05, 0.1) is 12.7 Å². The summed E-state index contributed by atoms with van der Waals surface area (Å²) in [5.41, 5.74) is 3.91. The predicted octanol–water partition coefficient (Wildman–Crippen LogP) is 4.62. The molecule has 0 unspecified atom stereocenters. The maximum atomic E-state index is 6.04. The van der Waals surface area contributed by atoms with Crippen LogP contribution >= 0.6 is 0 Å². The number of nitrogens with one attached hydrogen (secondary N) is 1. The van der Waals surface area contributed by atoms with E-state index in [1.807, 2.05) is 0 Å².